The second kappa shape index (κ2) is 10.3. The first-order chi connectivity index (χ1) is 16.7. The average Bonchev–Trinajstić information content (AvgIpc) is 3.47. The summed E-state index contributed by atoms with van der Waals surface area (Å²) in [6.45, 7) is 11.4. The van der Waals surface area contributed by atoms with E-state index in [-0.39, 0.29) is 23.5 Å². The van der Waals surface area contributed by atoms with Crippen molar-refractivity contribution >= 4 is 5.91 Å². The van der Waals surface area contributed by atoms with E-state index in [4.69, 9.17) is 0 Å². The van der Waals surface area contributed by atoms with E-state index in [0.717, 1.165) is 51.1 Å². The highest BCUT2D eigenvalue weighted by Gasteiger charge is 2.63. The number of fused-ring (bicyclic) bond motifs is 5. The normalized spacial score (nSPS) is 46.5. The van der Waals surface area contributed by atoms with Crippen molar-refractivity contribution in [3.8, 4) is 0 Å². The van der Waals surface area contributed by atoms with Gasteiger partial charge in [0.2, 0.25) is 5.91 Å². The molecule has 4 aliphatic carbocycles. The van der Waals surface area contributed by atoms with Gasteiger partial charge in [0.25, 0.3) is 0 Å². The summed E-state index contributed by atoms with van der Waals surface area (Å²) < 4.78 is 0. The SMILES string of the molecule is C[C@H](CCC(=O)NCCN1CCCC1)C1CCC2C3CCC4C[C@H](O)CCC4(C)C3C[C@H](O)C21C. The lowest BCUT2D eigenvalue weighted by molar-refractivity contribution is -0.174. The van der Waals surface area contributed by atoms with E-state index < -0.39 is 0 Å². The molecule has 4 saturated carbocycles. The molecule has 0 aromatic carbocycles. The Labute approximate surface area is 213 Å². The molecule has 5 nitrogen and oxygen atoms in total. The molecular formula is C30H52N2O3. The minimum Gasteiger partial charge on any atom is -0.393 e. The number of nitrogens with one attached hydrogen (secondary N) is 1. The van der Waals surface area contributed by atoms with Crippen LogP contribution in [0.5, 0.6) is 0 Å². The van der Waals surface area contributed by atoms with Crippen molar-refractivity contribution in [1.82, 2.24) is 10.2 Å². The average molecular weight is 489 g/mol. The fourth-order valence-corrected chi connectivity index (χ4v) is 10.2. The van der Waals surface area contributed by atoms with Gasteiger partial charge in [-0.15, -0.1) is 0 Å². The third kappa shape index (κ3) is 4.72. The van der Waals surface area contributed by atoms with Crippen LogP contribution in [0.25, 0.3) is 0 Å². The smallest absolute Gasteiger partial charge is 0.220 e. The second-order valence-electron chi connectivity index (χ2n) is 13.8. The summed E-state index contributed by atoms with van der Waals surface area (Å²) >= 11 is 0. The molecule has 5 heteroatoms. The van der Waals surface area contributed by atoms with Crippen molar-refractivity contribution in [2.75, 3.05) is 26.2 Å². The predicted molar refractivity (Wildman–Crippen MR) is 140 cm³/mol. The monoisotopic (exact) mass is 488 g/mol. The first-order valence-corrected chi connectivity index (χ1v) is 15.1. The van der Waals surface area contributed by atoms with Crippen LogP contribution in [-0.2, 0) is 4.79 Å². The zero-order valence-corrected chi connectivity index (χ0v) is 22.7. The Bertz CT molecular complexity index is 754. The number of aliphatic hydroxyl groups is 2. The topological polar surface area (TPSA) is 72.8 Å². The molecule has 200 valence electrons. The minimum atomic E-state index is -0.236. The predicted octanol–water partition coefficient (Wildman–Crippen LogP) is 4.61. The van der Waals surface area contributed by atoms with E-state index in [1.54, 1.807) is 0 Å². The van der Waals surface area contributed by atoms with Crippen LogP contribution in [0.15, 0.2) is 0 Å². The Morgan fingerprint density at radius 2 is 1.80 bits per heavy atom. The van der Waals surface area contributed by atoms with Crippen LogP contribution in [0.1, 0.15) is 97.8 Å². The molecule has 0 aromatic heterocycles. The quantitative estimate of drug-likeness (QED) is 0.489. The molecule has 1 heterocycles. The maximum atomic E-state index is 12.5. The fourth-order valence-electron chi connectivity index (χ4n) is 10.2. The van der Waals surface area contributed by atoms with Crippen molar-refractivity contribution < 1.29 is 15.0 Å². The number of rotatable bonds is 7. The molecule has 5 fully saturated rings. The third-order valence-corrected chi connectivity index (χ3v) is 12.3. The molecule has 3 N–H and O–H groups in total. The van der Waals surface area contributed by atoms with Gasteiger partial charge in [-0.25, -0.2) is 0 Å². The number of aliphatic hydroxyl groups excluding tert-OH is 2. The van der Waals surface area contributed by atoms with Gasteiger partial charge in [0.1, 0.15) is 0 Å². The summed E-state index contributed by atoms with van der Waals surface area (Å²) in [4.78, 5) is 15.0. The van der Waals surface area contributed by atoms with E-state index in [1.165, 1.54) is 51.6 Å². The summed E-state index contributed by atoms with van der Waals surface area (Å²) in [5, 5.41) is 25.2. The summed E-state index contributed by atoms with van der Waals surface area (Å²) in [7, 11) is 0. The van der Waals surface area contributed by atoms with Gasteiger partial charge in [-0.05, 0) is 130 Å². The molecule has 0 spiro atoms. The lowest BCUT2D eigenvalue weighted by Crippen LogP contribution is -2.58. The highest BCUT2D eigenvalue weighted by Crippen LogP contribution is 2.68. The standard InChI is InChI=1S/C30H52N2O3/c1-20(6-11-28(35)31-14-17-32-15-4-5-16-32)24-9-10-25-23-8-7-21-18-22(33)12-13-29(21,2)26(23)19-27(34)30(24,25)3/h20-27,33-34H,4-19H2,1-3H3,(H,31,35)/t20-,21?,22-,23?,24?,25?,26?,27+,29?,30?/m1/s1. The number of carbonyl (C=O) groups excluding carboxylic acids is 1. The number of carbonyl (C=O) groups is 1. The van der Waals surface area contributed by atoms with E-state index in [9.17, 15) is 15.0 Å². The van der Waals surface area contributed by atoms with E-state index in [0.29, 0.717) is 41.4 Å². The van der Waals surface area contributed by atoms with Gasteiger partial charge < -0.3 is 20.4 Å². The molecule has 0 radical (unpaired) electrons. The van der Waals surface area contributed by atoms with E-state index in [1.807, 2.05) is 0 Å². The Kier molecular flexibility index (Phi) is 7.61. The van der Waals surface area contributed by atoms with Gasteiger partial charge in [-0.2, -0.15) is 0 Å². The van der Waals surface area contributed by atoms with Crippen LogP contribution in [0, 0.1) is 46.3 Å². The van der Waals surface area contributed by atoms with Crippen molar-refractivity contribution in [3.63, 3.8) is 0 Å². The van der Waals surface area contributed by atoms with Gasteiger partial charge in [-0.1, -0.05) is 20.8 Å². The molecule has 5 aliphatic rings. The second-order valence-corrected chi connectivity index (χ2v) is 13.8. The fraction of sp³-hybridized carbons (Fsp3) is 0.967. The highest BCUT2D eigenvalue weighted by molar-refractivity contribution is 5.75. The number of hydrogen-bond donors (Lipinski definition) is 3. The summed E-state index contributed by atoms with van der Waals surface area (Å²) in [5.41, 5.74) is 0.283. The van der Waals surface area contributed by atoms with Gasteiger partial charge in [0, 0.05) is 19.5 Å². The largest absolute Gasteiger partial charge is 0.393 e. The number of amides is 1. The zero-order chi connectivity index (χ0) is 24.8. The van der Waals surface area contributed by atoms with Gasteiger partial charge >= 0.3 is 0 Å². The molecule has 5 rings (SSSR count). The lowest BCUT2D eigenvalue weighted by Gasteiger charge is -2.62. The molecule has 1 saturated heterocycles. The summed E-state index contributed by atoms with van der Waals surface area (Å²) in [5.74, 6) is 3.76. The Hall–Kier alpha value is -0.650. The molecule has 10 atom stereocenters. The van der Waals surface area contributed by atoms with Crippen molar-refractivity contribution in [2.45, 2.75) is 110 Å². The minimum absolute atomic E-state index is 0.00973. The highest BCUT2D eigenvalue weighted by atomic mass is 16.3. The van der Waals surface area contributed by atoms with Gasteiger partial charge in [-0.3, -0.25) is 4.79 Å². The van der Waals surface area contributed by atoms with Crippen LogP contribution in [0.4, 0.5) is 0 Å². The lowest BCUT2D eigenvalue weighted by atomic mass is 9.43. The molecule has 0 bridgehead atoms. The number of hydrogen-bond acceptors (Lipinski definition) is 4. The molecule has 0 aromatic rings. The Morgan fingerprint density at radius 1 is 1.03 bits per heavy atom. The van der Waals surface area contributed by atoms with E-state index in [2.05, 4.69) is 31.0 Å². The molecule has 7 unspecified atom stereocenters. The first kappa shape index (κ1) is 26.0. The van der Waals surface area contributed by atoms with Crippen LogP contribution in [0.2, 0.25) is 0 Å². The molecular weight excluding hydrogens is 436 g/mol. The van der Waals surface area contributed by atoms with E-state index >= 15 is 0 Å². The third-order valence-electron chi connectivity index (χ3n) is 12.3. The van der Waals surface area contributed by atoms with Crippen LogP contribution in [0.3, 0.4) is 0 Å². The Morgan fingerprint density at radius 3 is 2.57 bits per heavy atom. The number of nitrogens with zero attached hydrogens (tertiary/aromatic N) is 1. The summed E-state index contributed by atoms with van der Waals surface area (Å²) in [6, 6.07) is 0. The van der Waals surface area contributed by atoms with Crippen molar-refractivity contribution in [2.24, 2.45) is 46.3 Å². The first-order valence-electron chi connectivity index (χ1n) is 15.1. The maximum absolute atomic E-state index is 12.5. The molecule has 1 aliphatic heterocycles. The van der Waals surface area contributed by atoms with Gasteiger partial charge in [0.15, 0.2) is 0 Å². The maximum Gasteiger partial charge on any atom is 0.220 e. The van der Waals surface area contributed by atoms with Crippen molar-refractivity contribution in [1.29, 1.82) is 0 Å². The van der Waals surface area contributed by atoms with Crippen LogP contribution >= 0.6 is 0 Å². The molecule has 35 heavy (non-hydrogen) atoms. The molecule has 1 amide bonds. The van der Waals surface area contributed by atoms with Gasteiger partial charge in [0.05, 0.1) is 12.2 Å². The summed E-state index contributed by atoms with van der Waals surface area (Å²) in [6.07, 6.45) is 12.8. The van der Waals surface area contributed by atoms with Crippen LogP contribution in [-0.4, -0.2) is 59.4 Å². The Balaban J connectivity index is 1.18. The van der Waals surface area contributed by atoms with Crippen LogP contribution < -0.4 is 5.32 Å². The van der Waals surface area contributed by atoms with Crippen molar-refractivity contribution in [3.05, 3.63) is 0 Å². The zero-order valence-electron chi connectivity index (χ0n) is 22.7. The number of likely N-dealkylation sites (tertiary alicyclic amines) is 1.